The van der Waals surface area contributed by atoms with Gasteiger partial charge in [0.05, 0.1) is 28.9 Å². The van der Waals surface area contributed by atoms with Crippen LogP contribution in [-0.4, -0.2) is 41.3 Å². The molecule has 52 heavy (non-hydrogen) atoms. The Bertz CT molecular complexity index is 1980. The summed E-state index contributed by atoms with van der Waals surface area (Å²) in [5.41, 5.74) is 13.9. The van der Waals surface area contributed by atoms with E-state index in [1.54, 1.807) is 12.0 Å². The third-order valence-electron chi connectivity index (χ3n) is 10.6. The van der Waals surface area contributed by atoms with Crippen molar-refractivity contribution in [1.29, 1.82) is 0 Å². The third kappa shape index (κ3) is 7.61. The van der Waals surface area contributed by atoms with Gasteiger partial charge in [0.15, 0.2) is 0 Å². The number of rotatable bonds is 10. The summed E-state index contributed by atoms with van der Waals surface area (Å²) in [5.74, 6) is -1.07. The maximum absolute atomic E-state index is 15.0. The lowest BCUT2D eigenvalue weighted by atomic mass is 9.86. The lowest BCUT2D eigenvalue weighted by Crippen LogP contribution is -2.49. The number of hydrogen-bond donors (Lipinski definition) is 3. The number of halogens is 3. The van der Waals surface area contributed by atoms with E-state index in [4.69, 9.17) is 4.98 Å². The smallest absolute Gasteiger partial charge is 0.266 e. The van der Waals surface area contributed by atoms with E-state index < -0.39 is 23.8 Å². The first-order valence-electron chi connectivity index (χ1n) is 18.0. The van der Waals surface area contributed by atoms with Gasteiger partial charge < -0.3 is 4.90 Å². The molecule has 2 saturated heterocycles. The van der Waals surface area contributed by atoms with Gasteiger partial charge in [-0.2, -0.15) is 0 Å². The van der Waals surface area contributed by atoms with Gasteiger partial charge >= 0.3 is 0 Å². The molecule has 0 aliphatic carbocycles. The van der Waals surface area contributed by atoms with Crippen molar-refractivity contribution >= 4 is 23.1 Å². The highest BCUT2D eigenvalue weighted by Crippen LogP contribution is 2.35. The number of allylic oxidation sites excluding steroid dienone is 1. The molecule has 2 amide bonds. The number of amides is 2. The molecule has 270 valence electrons. The van der Waals surface area contributed by atoms with E-state index in [1.807, 2.05) is 43.6 Å². The van der Waals surface area contributed by atoms with Crippen LogP contribution in [0.4, 0.5) is 18.9 Å². The number of piperidine rings is 2. The molecule has 0 spiro atoms. The lowest BCUT2D eigenvalue weighted by Gasteiger charge is -2.34. The van der Waals surface area contributed by atoms with Crippen molar-refractivity contribution in [3.63, 3.8) is 0 Å². The molecule has 4 aromatic rings. The van der Waals surface area contributed by atoms with Crippen LogP contribution in [0.25, 0.3) is 16.8 Å². The summed E-state index contributed by atoms with van der Waals surface area (Å²) in [6, 6.07) is 22.3. The summed E-state index contributed by atoms with van der Waals surface area (Å²) in [7, 11) is 0. The van der Waals surface area contributed by atoms with Crippen LogP contribution in [0.1, 0.15) is 97.2 Å². The number of likely N-dealkylation sites (tertiary alicyclic amines) is 1. The Morgan fingerprint density at radius 2 is 1.67 bits per heavy atom. The zero-order valence-corrected chi connectivity index (χ0v) is 29.3. The van der Waals surface area contributed by atoms with Crippen LogP contribution in [0.15, 0.2) is 85.2 Å². The van der Waals surface area contributed by atoms with E-state index in [2.05, 4.69) is 51.4 Å². The van der Waals surface area contributed by atoms with Crippen molar-refractivity contribution < 1.29 is 22.8 Å². The fourth-order valence-corrected chi connectivity index (χ4v) is 7.52. The standard InChI is InChI=1S/C41H43F3N6O2/c1-25-23-46-50(48-26(2)32-7-4-8-34(39(32)42)40(43)44)37-22-36(45-24-35(25)37)31-6-3-5-27(21-31)15-18-49-19-16-29(17-20-49)28-9-11-30(12-10-28)33-13-14-38(51)47-41(33)52/h3-12,21-24,26,29,33,40,46,48H,13-20H2,1-2H3,(H,47,51,52)/t26-,33?/m1/s1. The number of carbonyl (C=O) groups is 2. The average molecular weight is 709 g/mol. The van der Waals surface area contributed by atoms with Gasteiger partial charge in [-0.15, -0.1) is 0 Å². The fraction of sp³-hybridized carbons (Fsp3) is 0.341. The normalized spacial score (nSPS) is 18.8. The zero-order valence-electron chi connectivity index (χ0n) is 29.3. The third-order valence-corrected chi connectivity index (χ3v) is 10.6. The van der Waals surface area contributed by atoms with Gasteiger partial charge in [-0.3, -0.25) is 25.3 Å². The molecular formula is C41H43F3N6O2. The molecule has 8 nitrogen and oxygen atoms in total. The number of fused-ring (bicyclic) bond motifs is 1. The van der Waals surface area contributed by atoms with Gasteiger partial charge in [0, 0.05) is 42.1 Å². The number of anilines is 1. The quantitative estimate of drug-likeness (QED) is 0.146. The molecular weight excluding hydrogens is 665 g/mol. The minimum absolute atomic E-state index is 0.152. The first-order valence-corrected chi connectivity index (χ1v) is 18.0. The van der Waals surface area contributed by atoms with Crippen LogP contribution in [0.3, 0.4) is 0 Å². The molecule has 11 heteroatoms. The summed E-state index contributed by atoms with van der Waals surface area (Å²) in [4.78, 5) is 31.1. The second-order valence-electron chi connectivity index (χ2n) is 14.0. The van der Waals surface area contributed by atoms with Crippen molar-refractivity contribution in [2.45, 2.75) is 70.3 Å². The Balaban J connectivity index is 0.968. The number of benzene rings is 3. The van der Waals surface area contributed by atoms with E-state index >= 15 is 0 Å². The number of hydrogen-bond acceptors (Lipinski definition) is 7. The summed E-state index contributed by atoms with van der Waals surface area (Å²) in [6.45, 7) is 6.70. The van der Waals surface area contributed by atoms with Crippen LogP contribution in [0, 0.1) is 5.82 Å². The Hall–Kier alpha value is -5.00. The predicted octanol–water partition coefficient (Wildman–Crippen LogP) is 7.72. The van der Waals surface area contributed by atoms with Gasteiger partial charge in [0.2, 0.25) is 11.8 Å². The summed E-state index contributed by atoms with van der Waals surface area (Å²) < 4.78 is 41.7. The minimum atomic E-state index is -2.90. The van der Waals surface area contributed by atoms with Gasteiger partial charge in [0.25, 0.3) is 6.43 Å². The Morgan fingerprint density at radius 3 is 2.42 bits per heavy atom. The Kier molecular flexibility index (Phi) is 10.4. The molecule has 0 saturated carbocycles. The number of nitrogens with zero attached hydrogens (tertiary/aromatic N) is 3. The first kappa shape index (κ1) is 35.4. The van der Waals surface area contributed by atoms with E-state index in [-0.39, 0.29) is 23.3 Å². The van der Waals surface area contributed by atoms with Gasteiger partial charge in [-0.05, 0) is 92.9 Å². The van der Waals surface area contributed by atoms with E-state index in [1.165, 1.54) is 23.3 Å². The highest BCUT2D eigenvalue weighted by atomic mass is 19.3. The zero-order chi connectivity index (χ0) is 36.4. The molecule has 7 rings (SSSR count). The number of hydrazine groups is 2. The number of nitrogens with one attached hydrogen (secondary N) is 3. The van der Waals surface area contributed by atoms with Crippen molar-refractivity contribution in [2.75, 3.05) is 24.8 Å². The summed E-state index contributed by atoms with van der Waals surface area (Å²) in [5, 5.41) is 4.14. The van der Waals surface area contributed by atoms with Crippen LogP contribution in [0.5, 0.6) is 0 Å². The summed E-state index contributed by atoms with van der Waals surface area (Å²) in [6.07, 6.45) is 4.75. The Labute approximate surface area is 302 Å². The SMILES string of the molecule is CC1=CNN(N[C@H](C)c2cccc(C(F)F)c2F)c2cc(-c3cccc(CCN4CCC(c5ccc(C6CCC(=O)NC6=O)cc5)CC4)c3)ncc21. The number of carbonyl (C=O) groups excluding carboxylic acids is 2. The molecule has 3 N–H and O–H groups in total. The summed E-state index contributed by atoms with van der Waals surface area (Å²) >= 11 is 0. The number of aromatic nitrogens is 1. The fourth-order valence-electron chi connectivity index (χ4n) is 7.52. The molecule has 0 radical (unpaired) electrons. The van der Waals surface area contributed by atoms with Crippen molar-refractivity contribution in [1.82, 2.24) is 26.1 Å². The van der Waals surface area contributed by atoms with E-state index in [0.29, 0.717) is 18.8 Å². The number of alkyl halides is 2. The Morgan fingerprint density at radius 1 is 0.942 bits per heavy atom. The second-order valence-corrected chi connectivity index (χ2v) is 14.0. The van der Waals surface area contributed by atoms with E-state index in [0.717, 1.165) is 78.6 Å². The van der Waals surface area contributed by atoms with Crippen LogP contribution >= 0.6 is 0 Å². The highest BCUT2D eigenvalue weighted by Gasteiger charge is 2.29. The lowest BCUT2D eigenvalue weighted by molar-refractivity contribution is -0.134. The number of pyridine rings is 1. The van der Waals surface area contributed by atoms with Crippen molar-refractivity contribution in [3.05, 3.63) is 124 Å². The predicted molar refractivity (Wildman–Crippen MR) is 196 cm³/mol. The topological polar surface area (TPSA) is 89.6 Å². The molecule has 2 atom stereocenters. The minimum Gasteiger partial charge on any atom is -0.303 e. The molecule has 4 heterocycles. The molecule has 1 aromatic heterocycles. The maximum atomic E-state index is 15.0. The number of imide groups is 1. The van der Waals surface area contributed by atoms with Gasteiger partial charge in [0.1, 0.15) is 5.82 Å². The van der Waals surface area contributed by atoms with Crippen molar-refractivity contribution in [2.24, 2.45) is 0 Å². The average Bonchev–Trinajstić information content (AvgIpc) is 3.15. The molecule has 3 aliphatic heterocycles. The molecule has 2 fully saturated rings. The largest absolute Gasteiger partial charge is 0.303 e. The van der Waals surface area contributed by atoms with E-state index in [9.17, 15) is 22.8 Å². The first-order chi connectivity index (χ1) is 25.1. The highest BCUT2D eigenvalue weighted by molar-refractivity contribution is 6.00. The van der Waals surface area contributed by atoms with Crippen LogP contribution in [-0.2, 0) is 16.0 Å². The second kappa shape index (κ2) is 15.3. The van der Waals surface area contributed by atoms with Crippen LogP contribution < -0.4 is 21.3 Å². The van der Waals surface area contributed by atoms with Crippen molar-refractivity contribution in [3.8, 4) is 11.3 Å². The molecule has 1 unspecified atom stereocenters. The van der Waals surface area contributed by atoms with Crippen LogP contribution in [0.2, 0.25) is 0 Å². The van der Waals surface area contributed by atoms with Gasteiger partial charge in [-0.25, -0.2) is 23.7 Å². The maximum Gasteiger partial charge on any atom is 0.266 e. The molecule has 3 aliphatic rings. The van der Waals surface area contributed by atoms with Gasteiger partial charge in [-0.1, -0.05) is 60.7 Å². The molecule has 3 aromatic carbocycles. The molecule has 0 bridgehead atoms. The monoisotopic (exact) mass is 708 g/mol.